The topological polar surface area (TPSA) is 250 Å². The highest BCUT2D eigenvalue weighted by Gasteiger charge is 2.53. The molecular formula is C31H30ClFN10O10P2. The van der Waals surface area contributed by atoms with Gasteiger partial charge in [-0.15, -0.1) is 0 Å². The zero-order valence-corrected chi connectivity index (χ0v) is 30.8. The SMILES string of the molecule is N#CCCOP1(=O)OC[C@H]2C[C@@H](n3cnc4c(Cl)ncnc43)[C@@H]2COP(=O)(O)OC[C@H]2O[C@@H](n3cnc4c(NC(=O)c5ccccc5)ncnc43)[C@H](F)[C@@H]2O1. The molecular weight excluding hydrogens is 789 g/mol. The highest BCUT2D eigenvalue weighted by molar-refractivity contribution is 7.48. The van der Waals surface area contributed by atoms with E-state index in [0.29, 0.717) is 23.1 Å². The Morgan fingerprint density at radius 1 is 1.00 bits per heavy atom. The number of hydrogen-bond acceptors (Lipinski definition) is 16. The molecule has 0 radical (unpaired) electrons. The van der Waals surface area contributed by atoms with Crippen LogP contribution in [0.4, 0.5) is 10.2 Å². The monoisotopic (exact) mass is 818 g/mol. The van der Waals surface area contributed by atoms with Crippen molar-refractivity contribution in [1.29, 1.82) is 5.26 Å². The van der Waals surface area contributed by atoms with Crippen LogP contribution >= 0.6 is 27.2 Å². The number of fused-ring (bicyclic) bond motifs is 4. The van der Waals surface area contributed by atoms with E-state index in [2.05, 4.69) is 35.2 Å². The molecule has 55 heavy (non-hydrogen) atoms. The van der Waals surface area contributed by atoms with E-state index in [9.17, 15) is 18.8 Å². The van der Waals surface area contributed by atoms with Gasteiger partial charge in [0.05, 0.1) is 51.6 Å². The molecule has 1 amide bonds. The summed E-state index contributed by atoms with van der Waals surface area (Å²) in [6, 6.07) is 9.85. The lowest BCUT2D eigenvalue weighted by Gasteiger charge is -2.45. The third-order valence-corrected chi connectivity index (χ3v) is 12.2. The number of ether oxygens (including phenoxy) is 1. The Morgan fingerprint density at radius 2 is 1.73 bits per heavy atom. The number of halogens is 2. The van der Waals surface area contributed by atoms with Crippen LogP contribution in [-0.2, 0) is 36.5 Å². The first kappa shape index (κ1) is 37.6. The van der Waals surface area contributed by atoms with Gasteiger partial charge in [-0.05, 0) is 24.5 Å². The first-order valence-corrected chi connectivity index (χ1v) is 20.1. The summed E-state index contributed by atoms with van der Waals surface area (Å²) < 4.78 is 80.8. The molecule has 8 rings (SSSR count). The van der Waals surface area contributed by atoms with Crippen molar-refractivity contribution in [1.82, 2.24) is 39.0 Å². The molecule has 2 saturated heterocycles. The molecule has 0 spiro atoms. The minimum absolute atomic E-state index is 0.0325. The molecule has 9 atom stereocenters. The fourth-order valence-electron chi connectivity index (χ4n) is 6.70. The summed E-state index contributed by atoms with van der Waals surface area (Å²) in [6.45, 7) is -1.74. The average Bonchev–Trinajstić information content (AvgIpc) is 3.87. The van der Waals surface area contributed by atoms with Crippen LogP contribution < -0.4 is 5.32 Å². The van der Waals surface area contributed by atoms with Gasteiger partial charge in [-0.1, -0.05) is 29.8 Å². The van der Waals surface area contributed by atoms with Crippen molar-refractivity contribution in [3.63, 3.8) is 0 Å². The van der Waals surface area contributed by atoms with Gasteiger partial charge in [0.1, 0.15) is 30.4 Å². The summed E-state index contributed by atoms with van der Waals surface area (Å²) in [4.78, 5) is 48.7. The number of phosphoric ester groups is 2. The van der Waals surface area contributed by atoms with Crippen LogP contribution in [0.1, 0.15) is 35.5 Å². The van der Waals surface area contributed by atoms with E-state index in [1.54, 1.807) is 34.9 Å². The maximum Gasteiger partial charge on any atom is 0.475 e. The van der Waals surface area contributed by atoms with Gasteiger partial charge in [0.25, 0.3) is 5.91 Å². The van der Waals surface area contributed by atoms with Crippen molar-refractivity contribution in [3.8, 4) is 6.07 Å². The second kappa shape index (κ2) is 15.3. The van der Waals surface area contributed by atoms with Gasteiger partial charge in [-0.25, -0.2) is 43.4 Å². The maximum absolute atomic E-state index is 16.7. The van der Waals surface area contributed by atoms with Crippen molar-refractivity contribution in [2.24, 2.45) is 11.8 Å². The number of imidazole rings is 2. The normalized spacial score (nSPS) is 31.3. The van der Waals surface area contributed by atoms with Gasteiger partial charge in [0.15, 0.2) is 40.2 Å². The summed E-state index contributed by atoms with van der Waals surface area (Å²) in [5.41, 5.74) is 1.27. The number of phosphoric acid groups is 2. The van der Waals surface area contributed by atoms with E-state index in [1.165, 1.54) is 23.5 Å². The second-order valence-corrected chi connectivity index (χ2v) is 16.1. The largest absolute Gasteiger partial charge is 0.475 e. The van der Waals surface area contributed by atoms with Crippen molar-refractivity contribution in [2.45, 2.75) is 43.5 Å². The lowest BCUT2D eigenvalue weighted by molar-refractivity contribution is -0.0473. The number of rotatable bonds is 7. The standard InChI is InChI=1S/C31H30ClFN10O10P2/c32-26-23-28(37-13-35-26)42(15-39-23)20-9-18-10-51-55(47,48-8-4-7-34)53-25-21(12-50-54(45,46)49-11-19(18)20)52-31(22(25)33)43-16-40-24-27(36-14-38-29(24)43)41-30(44)17-5-2-1-3-6-17/h1-3,5-6,13-16,18-22,25,31H,4,8-12H2,(H,45,46)(H,36,38,41,44)/t18-,19-,20-,21-,22-,25-,31-,55?/m1/s1. The van der Waals surface area contributed by atoms with Crippen LogP contribution in [0.2, 0.25) is 5.15 Å². The van der Waals surface area contributed by atoms with E-state index in [4.69, 9.17) is 44.2 Å². The van der Waals surface area contributed by atoms with Crippen molar-refractivity contribution in [2.75, 3.05) is 31.7 Å². The number of aromatic nitrogens is 8. The summed E-state index contributed by atoms with van der Waals surface area (Å²) in [6.07, 6.45) is -1.70. The molecule has 6 heterocycles. The van der Waals surface area contributed by atoms with E-state index in [1.807, 2.05) is 6.07 Å². The number of amides is 1. The summed E-state index contributed by atoms with van der Waals surface area (Å²) in [7, 11) is -9.48. The molecule has 20 nitrogen and oxygen atoms in total. The minimum atomic E-state index is -4.82. The predicted octanol–water partition coefficient (Wildman–Crippen LogP) is 4.57. The van der Waals surface area contributed by atoms with E-state index in [-0.39, 0.29) is 54.4 Å². The third-order valence-electron chi connectivity index (χ3n) is 9.48. The second-order valence-electron chi connectivity index (χ2n) is 12.7. The maximum atomic E-state index is 16.7. The Bertz CT molecular complexity index is 2370. The smallest absolute Gasteiger partial charge is 0.346 e. The van der Waals surface area contributed by atoms with Crippen molar-refractivity contribution in [3.05, 3.63) is 66.4 Å². The average molecular weight is 819 g/mol. The number of carbonyl (C=O) groups excluding carboxylic acids is 1. The molecule has 24 heteroatoms. The van der Waals surface area contributed by atoms with Crippen LogP contribution in [0.3, 0.4) is 0 Å². The fraction of sp³-hybridized carbons (Fsp3) is 0.419. The Hall–Kier alpha value is -4.32. The molecule has 1 aliphatic carbocycles. The predicted molar refractivity (Wildman–Crippen MR) is 186 cm³/mol. The van der Waals surface area contributed by atoms with E-state index < -0.39 is 64.6 Å². The first-order chi connectivity index (χ1) is 26.5. The number of carbonyl (C=O) groups is 1. The third kappa shape index (κ3) is 7.50. The van der Waals surface area contributed by atoms with Crippen molar-refractivity contribution < 1.29 is 50.6 Å². The summed E-state index contributed by atoms with van der Waals surface area (Å²) >= 11 is 6.19. The summed E-state index contributed by atoms with van der Waals surface area (Å²) in [5.74, 6) is -1.42. The molecule has 288 valence electrons. The van der Waals surface area contributed by atoms with Crippen LogP contribution in [0.5, 0.6) is 0 Å². The molecule has 5 aromatic rings. The zero-order valence-electron chi connectivity index (χ0n) is 28.3. The Morgan fingerprint density at radius 3 is 2.53 bits per heavy atom. The lowest BCUT2D eigenvalue weighted by Crippen LogP contribution is -2.43. The van der Waals surface area contributed by atoms with Gasteiger partial charge in [-0.3, -0.25) is 32.0 Å². The van der Waals surface area contributed by atoms with Crippen LogP contribution in [0, 0.1) is 23.2 Å². The van der Waals surface area contributed by atoms with Crippen LogP contribution in [0.15, 0.2) is 55.6 Å². The van der Waals surface area contributed by atoms with E-state index >= 15 is 4.39 Å². The fourth-order valence-corrected chi connectivity index (χ4v) is 9.08. The number of alkyl halides is 1. The molecule has 3 aliphatic rings. The van der Waals surface area contributed by atoms with Crippen LogP contribution in [-0.4, -0.2) is 94.6 Å². The number of benzene rings is 1. The molecule has 2 N–H and O–H groups in total. The first-order valence-electron chi connectivity index (χ1n) is 16.8. The highest BCUT2D eigenvalue weighted by Crippen LogP contribution is 2.57. The molecule has 4 aromatic heterocycles. The molecule has 2 unspecified atom stereocenters. The minimum Gasteiger partial charge on any atom is -0.346 e. The number of hydrogen-bond donors (Lipinski definition) is 2. The molecule has 2 aliphatic heterocycles. The van der Waals surface area contributed by atoms with Gasteiger partial charge in [-0.2, -0.15) is 5.26 Å². The van der Waals surface area contributed by atoms with E-state index in [0.717, 1.165) is 6.33 Å². The summed E-state index contributed by atoms with van der Waals surface area (Å²) in [5, 5.41) is 11.9. The van der Waals surface area contributed by atoms with Crippen LogP contribution in [0.25, 0.3) is 22.3 Å². The lowest BCUT2D eigenvalue weighted by atomic mass is 9.70. The number of anilines is 1. The van der Waals surface area contributed by atoms with Gasteiger partial charge in [0.2, 0.25) is 0 Å². The molecule has 1 saturated carbocycles. The number of nitrogens with one attached hydrogen (secondary N) is 1. The highest BCUT2D eigenvalue weighted by atomic mass is 35.5. The Balaban J connectivity index is 1.06. The molecule has 1 aromatic carbocycles. The number of nitriles is 1. The van der Waals surface area contributed by atoms with Gasteiger partial charge in [0, 0.05) is 17.5 Å². The van der Waals surface area contributed by atoms with Gasteiger partial charge >= 0.3 is 15.6 Å². The van der Waals surface area contributed by atoms with Gasteiger partial charge < -0.3 is 19.5 Å². The quantitative estimate of drug-likeness (QED) is 0.130. The Kier molecular flexibility index (Phi) is 10.5. The molecule has 3 fully saturated rings. The Labute approximate surface area is 315 Å². The van der Waals surface area contributed by atoms with Crippen molar-refractivity contribution >= 4 is 61.3 Å². The zero-order chi connectivity index (χ0) is 38.3. The number of nitrogens with zero attached hydrogens (tertiary/aromatic N) is 9. The molecule has 0 bridgehead atoms.